The van der Waals surface area contributed by atoms with Crippen molar-refractivity contribution in [3.63, 3.8) is 0 Å². The number of hydroxylamine groups is 2. The number of benzene rings is 2. The van der Waals surface area contributed by atoms with Crippen molar-refractivity contribution < 1.29 is 29.1 Å². The molecule has 1 aliphatic heterocycles. The van der Waals surface area contributed by atoms with Crippen LogP contribution in [0.25, 0.3) is 11.1 Å². The van der Waals surface area contributed by atoms with Gasteiger partial charge in [0.05, 0.1) is 19.8 Å². The number of amides is 3. The molecule has 2 bridgehead atoms. The molecular weight excluding hydrogens is 622 g/mol. The third kappa shape index (κ3) is 7.59. The van der Waals surface area contributed by atoms with Crippen LogP contribution >= 0.6 is 0 Å². The zero-order chi connectivity index (χ0) is 35.8. The number of aliphatic hydroxyl groups excluding tert-OH is 1. The fourth-order valence-electron chi connectivity index (χ4n) is 8.51. The summed E-state index contributed by atoms with van der Waals surface area (Å²) in [7, 11) is 5.57. The number of carbonyl (C=O) groups is 3. The van der Waals surface area contributed by atoms with Crippen molar-refractivity contribution in [1.29, 1.82) is 0 Å². The van der Waals surface area contributed by atoms with E-state index in [2.05, 4.69) is 42.8 Å². The summed E-state index contributed by atoms with van der Waals surface area (Å²) in [6.45, 7) is 12.3. The molecule has 6 rings (SSSR count). The molecule has 8 atom stereocenters. The topological polar surface area (TPSA) is 132 Å². The first-order valence-electron chi connectivity index (χ1n) is 17.5. The van der Waals surface area contributed by atoms with E-state index in [0.717, 1.165) is 34.4 Å². The van der Waals surface area contributed by atoms with E-state index in [1.54, 1.807) is 19.1 Å². The number of aliphatic hydroxyl groups is 1. The molecule has 0 aromatic heterocycles. The number of fused-ring (bicyclic) bond motifs is 2. The monoisotopic (exact) mass is 677 g/mol. The molecule has 1 heterocycles. The Balaban J connectivity index is 1.47. The molecule has 11 heteroatoms. The summed E-state index contributed by atoms with van der Waals surface area (Å²) in [5, 5.41) is 21.8. The van der Waals surface area contributed by atoms with E-state index in [9.17, 15) is 19.5 Å². The highest BCUT2D eigenvalue weighted by atomic mass is 16.7. The van der Waals surface area contributed by atoms with Crippen molar-refractivity contribution >= 4 is 23.4 Å². The highest BCUT2D eigenvalue weighted by molar-refractivity contribution is 5.83. The SMILES string of the molecule is COc1c(CN2O[C@@H](CNC(C)=O)[C@H]([C@H](C)O)[C@H]2C(=O)N[C@H]2CC3C[C@@H]([C@@H]2C)C3(C)C)cccc1-c1cc(CNC(C)=O)cc(N(C)C)c1. The smallest absolute Gasteiger partial charge is 0.240 e. The van der Waals surface area contributed by atoms with Crippen LogP contribution in [0.1, 0.15) is 65.5 Å². The lowest BCUT2D eigenvalue weighted by atomic mass is 9.45. The van der Waals surface area contributed by atoms with Gasteiger partial charge < -0.3 is 30.7 Å². The number of carbonyl (C=O) groups excluding carboxylic acids is 3. The van der Waals surface area contributed by atoms with Gasteiger partial charge in [0.15, 0.2) is 0 Å². The fourth-order valence-corrected chi connectivity index (χ4v) is 8.51. The van der Waals surface area contributed by atoms with Crippen LogP contribution in [0, 0.1) is 29.1 Å². The van der Waals surface area contributed by atoms with Gasteiger partial charge in [-0.2, -0.15) is 5.06 Å². The van der Waals surface area contributed by atoms with Crippen molar-refractivity contribution in [3.05, 3.63) is 47.5 Å². The number of methoxy groups -OCH3 is 1. The predicted octanol–water partition coefficient (Wildman–Crippen LogP) is 3.87. The molecule has 3 aliphatic carbocycles. The van der Waals surface area contributed by atoms with E-state index < -0.39 is 24.2 Å². The molecule has 2 aromatic carbocycles. The van der Waals surface area contributed by atoms with E-state index in [-0.39, 0.29) is 42.3 Å². The molecule has 2 aromatic rings. The lowest BCUT2D eigenvalue weighted by molar-refractivity contribution is -0.177. The van der Waals surface area contributed by atoms with Crippen LogP contribution in [0.5, 0.6) is 5.75 Å². The Morgan fingerprint density at radius 3 is 2.41 bits per heavy atom. The Bertz CT molecular complexity index is 1540. The highest BCUT2D eigenvalue weighted by Crippen LogP contribution is 2.61. The van der Waals surface area contributed by atoms with Gasteiger partial charge in [0.25, 0.3) is 0 Å². The quantitative estimate of drug-likeness (QED) is 0.266. The number of nitrogens with zero attached hydrogens (tertiary/aromatic N) is 2. The number of hydrogen-bond acceptors (Lipinski definition) is 8. The summed E-state index contributed by atoms with van der Waals surface area (Å²) in [5.41, 5.74) is 4.78. The number of hydrogen-bond donors (Lipinski definition) is 4. The van der Waals surface area contributed by atoms with Gasteiger partial charge in [-0.3, -0.25) is 19.2 Å². The summed E-state index contributed by atoms with van der Waals surface area (Å²) < 4.78 is 6.05. The first kappa shape index (κ1) is 36.6. The molecule has 4 fully saturated rings. The zero-order valence-corrected chi connectivity index (χ0v) is 30.5. The summed E-state index contributed by atoms with van der Waals surface area (Å²) in [4.78, 5) is 46.4. The molecule has 3 amide bonds. The molecular formula is C38H55N5O6. The van der Waals surface area contributed by atoms with Crippen LogP contribution in [0.3, 0.4) is 0 Å². The molecule has 0 radical (unpaired) electrons. The van der Waals surface area contributed by atoms with Gasteiger partial charge in [-0.25, -0.2) is 0 Å². The molecule has 3 saturated carbocycles. The lowest BCUT2D eigenvalue weighted by Crippen LogP contribution is -2.62. The summed E-state index contributed by atoms with van der Waals surface area (Å²) in [6.07, 6.45) is 0.652. The minimum atomic E-state index is -0.875. The van der Waals surface area contributed by atoms with Gasteiger partial charge in [0.2, 0.25) is 17.7 Å². The van der Waals surface area contributed by atoms with Gasteiger partial charge in [0, 0.05) is 69.8 Å². The third-order valence-electron chi connectivity index (χ3n) is 11.4. The van der Waals surface area contributed by atoms with E-state index in [4.69, 9.17) is 9.57 Å². The standard InChI is InChI=1S/C38H55N5O6/c1-21-31-16-28(38(31,5)6)17-32(21)41-37(47)35-34(22(2)44)33(19-40-24(4)46)49-43(35)20-26-11-10-12-30(36(26)48-9)27-13-25(18-39-23(3)45)14-29(15-27)42(7)8/h10-15,21-22,28,31-35,44H,16-20H2,1-9H3,(H,39,45)(H,40,46)(H,41,47)/t21-,22-,28?,31-,32-,33-,34-,35-/m0/s1. The summed E-state index contributed by atoms with van der Waals surface area (Å²) >= 11 is 0. The first-order valence-corrected chi connectivity index (χ1v) is 17.5. The Morgan fingerprint density at radius 1 is 1.10 bits per heavy atom. The van der Waals surface area contributed by atoms with E-state index in [1.165, 1.54) is 20.3 Å². The first-order chi connectivity index (χ1) is 23.1. The normalized spacial score (nSPS) is 27.8. The molecule has 11 nitrogen and oxygen atoms in total. The minimum absolute atomic E-state index is 0.0451. The van der Waals surface area contributed by atoms with Gasteiger partial charge in [-0.05, 0) is 72.3 Å². The van der Waals surface area contributed by atoms with Crippen LogP contribution in [0.2, 0.25) is 0 Å². The number of ether oxygens (including phenoxy) is 1. The summed E-state index contributed by atoms with van der Waals surface area (Å²) in [5.74, 6) is 1.03. The largest absolute Gasteiger partial charge is 0.496 e. The molecule has 4 N–H and O–H groups in total. The maximum absolute atomic E-state index is 14.3. The number of rotatable bonds is 12. The Hall–Kier alpha value is -3.67. The second-order valence-corrected chi connectivity index (χ2v) is 15.2. The average molecular weight is 678 g/mol. The number of nitrogens with one attached hydrogen (secondary N) is 3. The molecule has 1 saturated heterocycles. The predicted molar refractivity (Wildman–Crippen MR) is 189 cm³/mol. The van der Waals surface area contributed by atoms with Crippen LogP contribution in [-0.4, -0.2) is 79.9 Å². The summed E-state index contributed by atoms with van der Waals surface area (Å²) in [6, 6.07) is 11.3. The van der Waals surface area contributed by atoms with Gasteiger partial charge in [0.1, 0.15) is 17.9 Å². The van der Waals surface area contributed by atoms with E-state index in [1.807, 2.05) is 49.3 Å². The highest BCUT2D eigenvalue weighted by Gasteiger charge is 2.57. The number of para-hydroxylation sites is 1. The van der Waals surface area contributed by atoms with Crippen LogP contribution in [0.15, 0.2) is 36.4 Å². The van der Waals surface area contributed by atoms with Crippen molar-refractivity contribution in [2.24, 2.45) is 29.1 Å². The van der Waals surface area contributed by atoms with Crippen molar-refractivity contribution in [1.82, 2.24) is 21.0 Å². The maximum Gasteiger partial charge on any atom is 0.240 e. The second kappa shape index (κ2) is 14.7. The minimum Gasteiger partial charge on any atom is -0.496 e. The van der Waals surface area contributed by atoms with Crippen LogP contribution in [-0.2, 0) is 32.3 Å². The van der Waals surface area contributed by atoms with Crippen LogP contribution in [0.4, 0.5) is 5.69 Å². The Labute approximate surface area is 291 Å². The molecule has 1 unspecified atom stereocenters. The second-order valence-electron chi connectivity index (χ2n) is 15.2. The van der Waals surface area contributed by atoms with Crippen molar-refractivity contribution in [2.75, 3.05) is 32.6 Å². The lowest BCUT2D eigenvalue weighted by Gasteiger charge is -2.62. The molecule has 268 valence electrons. The Morgan fingerprint density at radius 2 is 1.82 bits per heavy atom. The number of anilines is 1. The van der Waals surface area contributed by atoms with Gasteiger partial charge in [-0.1, -0.05) is 39.0 Å². The molecule has 4 aliphatic rings. The van der Waals surface area contributed by atoms with Gasteiger partial charge >= 0.3 is 0 Å². The van der Waals surface area contributed by atoms with Gasteiger partial charge in [-0.15, -0.1) is 0 Å². The molecule has 0 spiro atoms. The van der Waals surface area contributed by atoms with E-state index in [0.29, 0.717) is 30.0 Å². The third-order valence-corrected chi connectivity index (χ3v) is 11.4. The average Bonchev–Trinajstić information content (AvgIpc) is 3.41. The maximum atomic E-state index is 14.3. The van der Waals surface area contributed by atoms with Crippen molar-refractivity contribution in [2.45, 2.75) is 91.8 Å². The van der Waals surface area contributed by atoms with Crippen LogP contribution < -0.4 is 25.6 Å². The zero-order valence-electron chi connectivity index (χ0n) is 30.5. The van der Waals surface area contributed by atoms with E-state index >= 15 is 0 Å². The molecule has 49 heavy (non-hydrogen) atoms. The van der Waals surface area contributed by atoms with Crippen molar-refractivity contribution in [3.8, 4) is 16.9 Å². The Kier molecular flexibility index (Phi) is 11.0. The fraction of sp³-hybridized carbons (Fsp3) is 0.605.